The van der Waals surface area contributed by atoms with Crippen molar-refractivity contribution in [2.45, 2.75) is 20.8 Å². The van der Waals surface area contributed by atoms with Gasteiger partial charge in [-0.2, -0.15) is 0 Å². The van der Waals surface area contributed by atoms with E-state index >= 15 is 0 Å². The topological polar surface area (TPSA) is 41.6 Å². The first-order valence-corrected chi connectivity index (χ1v) is 11.9. The van der Waals surface area contributed by atoms with Gasteiger partial charge in [-0.3, -0.25) is 0 Å². The Morgan fingerprint density at radius 3 is 2.09 bits per heavy atom. The molecular formula is C29H23N3S. The molecule has 0 saturated heterocycles. The van der Waals surface area contributed by atoms with E-state index in [1.54, 1.807) is 11.3 Å². The fourth-order valence-corrected chi connectivity index (χ4v) is 5.36. The molecule has 4 heteroatoms. The summed E-state index contributed by atoms with van der Waals surface area (Å²) in [5.74, 6) is 0. The molecule has 33 heavy (non-hydrogen) atoms. The van der Waals surface area contributed by atoms with Gasteiger partial charge in [0.1, 0.15) is 0 Å². The van der Waals surface area contributed by atoms with Crippen LogP contribution in [0.15, 0.2) is 54.6 Å². The third-order valence-corrected chi connectivity index (χ3v) is 7.62. The van der Waals surface area contributed by atoms with Gasteiger partial charge in [0.2, 0.25) is 0 Å². The minimum atomic E-state index is 0.954. The highest BCUT2D eigenvalue weighted by Gasteiger charge is 2.13. The van der Waals surface area contributed by atoms with Crippen LogP contribution in [-0.4, -0.2) is 15.0 Å². The van der Waals surface area contributed by atoms with Crippen LogP contribution in [0.2, 0.25) is 0 Å². The third-order valence-electron chi connectivity index (χ3n) is 6.29. The molecule has 3 nitrogen and oxygen atoms in total. The van der Waals surface area contributed by atoms with E-state index in [-0.39, 0.29) is 0 Å². The molecule has 4 aromatic rings. The van der Waals surface area contributed by atoms with Crippen LogP contribution in [0.1, 0.15) is 39.5 Å². The largest absolute Gasteiger partial charge is 0.355 e. The van der Waals surface area contributed by atoms with Crippen LogP contribution in [0.3, 0.4) is 0 Å². The summed E-state index contributed by atoms with van der Waals surface area (Å²) >= 11 is 1.80. The third kappa shape index (κ3) is 3.53. The number of aryl methyl sites for hydroxylation is 3. The molecule has 8 bridgehead atoms. The van der Waals surface area contributed by atoms with Gasteiger partial charge in [0.15, 0.2) is 0 Å². The van der Waals surface area contributed by atoms with Gasteiger partial charge in [0.05, 0.1) is 22.8 Å². The van der Waals surface area contributed by atoms with Crippen molar-refractivity contribution in [1.29, 1.82) is 0 Å². The van der Waals surface area contributed by atoms with E-state index in [1.807, 2.05) is 0 Å². The number of fused-ring (bicyclic) bond motifs is 8. The SMILES string of the molecule is Cc1ccc(-c2c3nc(c(C)c4ccc(s4)c(C)c4nc(cc5ccc2[nH]5)C=C4)C=C3)cc1. The maximum Gasteiger partial charge on any atom is 0.0737 e. The van der Waals surface area contributed by atoms with E-state index < -0.39 is 0 Å². The summed E-state index contributed by atoms with van der Waals surface area (Å²) in [5, 5.41) is 0. The molecule has 160 valence electrons. The summed E-state index contributed by atoms with van der Waals surface area (Å²) in [6.07, 6.45) is 8.45. The number of thiophene rings is 1. The standard InChI is InChI=1S/C29H23N3S/c1-17-4-6-20(7-5-17)29-25-11-9-22(31-25)16-21-8-10-23(30-21)18(2)27-14-15-28(33-27)19(3)24-12-13-26(29)32-24/h4-16,31H,1-3H3. The van der Waals surface area contributed by atoms with Crippen molar-refractivity contribution >= 4 is 56.1 Å². The maximum atomic E-state index is 5.08. The number of rotatable bonds is 1. The fourth-order valence-electron chi connectivity index (χ4n) is 4.33. The first kappa shape index (κ1) is 19.9. The molecule has 2 aliphatic rings. The van der Waals surface area contributed by atoms with Gasteiger partial charge >= 0.3 is 0 Å². The highest BCUT2D eigenvalue weighted by molar-refractivity contribution is 7.23. The Balaban J connectivity index is 1.75. The number of hydrogen-bond donors (Lipinski definition) is 1. The zero-order valence-electron chi connectivity index (χ0n) is 18.8. The van der Waals surface area contributed by atoms with E-state index in [4.69, 9.17) is 9.97 Å². The molecule has 0 amide bonds. The van der Waals surface area contributed by atoms with Crippen LogP contribution in [0.4, 0.5) is 0 Å². The molecule has 1 aromatic carbocycles. The summed E-state index contributed by atoms with van der Waals surface area (Å²) in [6, 6.07) is 19.4. The van der Waals surface area contributed by atoms with E-state index in [1.165, 1.54) is 26.1 Å². The first-order chi connectivity index (χ1) is 16.0. The second-order valence-electron chi connectivity index (χ2n) is 8.60. The van der Waals surface area contributed by atoms with Crippen molar-refractivity contribution in [2.24, 2.45) is 0 Å². The lowest BCUT2D eigenvalue weighted by Crippen LogP contribution is -1.86. The Morgan fingerprint density at radius 1 is 0.667 bits per heavy atom. The second-order valence-corrected chi connectivity index (χ2v) is 9.68. The number of benzene rings is 1. The molecule has 2 aliphatic heterocycles. The van der Waals surface area contributed by atoms with E-state index in [9.17, 15) is 0 Å². The summed E-state index contributed by atoms with van der Waals surface area (Å²) in [5.41, 5.74) is 11.9. The zero-order valence-corrected chi connectivity index (χ0v) is 19.6. The molecule has 0 saturated carbocycles. The zero-order chi connectivity index (χ0) is 22.5. The molecule has 0 unspecified atom stereocenters. The van der Waals surface area contributed by atoms with Gasteiger partial charge in [-0.15, -0.1) is 11.3 Å². The fraction of sp³-hybridized carbons (Fsp3) is 0.103. The number of nitrogens with one attached hydrogen (secondary N) is 1. The smallest absolute Gasteiger partial charge is 0.0737 e. The van der Waals surface area contributed by atoms with Gasteiger partial charge < -0.3 is 4.98 Å². The quantitative estimate of drug-likeness (QED) is 0.279. The lowest BCUT2D eigenvalue weighted by Gasteiger charge is -2.04. The van der Waals surface area contributed by atoms with Crippen LogP contribution >= 0.6 is 11.3 Å². The normalized spacial score (nSPS) is 12.5. The summed E-state index contributed by atoms with van der Waals surface area (Å²) in [7, 11) is 0. The molecule has 0 fully saturated rings. The maximum absolute atomic E-state index is 5.08. The van der Waals surface area contributed by atoms with Crippen molar-refractivity contribution in [2.75, 3.05) is 0 Å². The van der Waals surface area contributed by atoms with Crippen LogP contribution in [0.25, 0.3) is 55.9 Å². The Morgan fingerprint density at radius 2 is 1.33 bits per heavy atom. The van der Waals surface area contributed by atoms with Crippen molar-refractivity contribution in [3.63, 3.8) is 0 Å². The molecule has 0 aliphatic carbocycles. The predicted molar refractivity (Wildman–Crippen MR) is 142 cm³/mol. The van der Waals surface area contributed by atoms with Crippen molar-refractivity contribution in [3.8, 4) is 11.1 Å². The van der Waals surface area contributed by atoms with Crippen molar-refractivity contribution in [1.82, 2.24) is 15.0 Å². The average molecular weight is 446 g/mol. The van der Waals surface area contributed by atoms with E-state index in [2.05, 4.69) is 105 Å². The molecule has 6 rings (SSSR count). The Hall–Kier alpha value is -3.76. The highest BCUT2D eigenvalue weighted by Crippen LogP contribution is 2.32. The molecular weight excluding hydrogens is 422 g/mol. The monoisotopic (exact) mass is 445 g/mol. The van der Waals surface area contributed by atoms with Crippen molar-refractivity contribution in [3.05, 3.63) is 94.1 Å². The number of nitrogens with zero attached hydrogens (tertiary/aromatic N) is 2. The van der Waals surface area contributed by atoms with Gasteiger partial charge in [-0.05, 0) is 92.1 Å². The number of aromatic amines is 1. The van der Waals surface area contributed by atoms with E-state index in [0.717, 1.165) is 44.9 Å². The van der Waals surface area contributed by atoms with Crippen LogP contribution in [0.5, 0.6) is 0 Å². The van der Waals surface area contributed by atoms with Crippen LogP contribution in [0, 0.1) is 20.8 Å². The summed E-state index contributed by atoms with van der Waals surface area (Å²) in [6.45, 7) is 6.42. The number of H-pyrrole nitrogens is 1. The van der Waals surface area contributed by atoms with Gasteiger partial charge in [0, 0.05) is 26.0 Å². The summed E-state index contributed by atoms with van der Waals surface area (Å²) in [4.78, 5) is 13.6. The van der Waals surface area contributed by atoms with Crippen LogP contribution < -0.4 is 0 Å². The van der Waals surface area contributed by atoms with Gasteiger partial charge in [0.25, 0.3) is 0 Å². The summed E-state index contributed by atoms with van der Waals surface area (Å²) < 4.78 is 2.47. The van der Waals surface area contributed by atoms with Gasteiger partial charge in [-0.25, -0.2) is 9.97 Å². The van der Waals surface area contributed by atoms with Crippen LogP contribution in [-0.2, 0) is 0 Å². The molecule has 1 N–H and O–H groups in total. The Bertz CT molecular complexity index is 1630. The Labute approximate surface area is 196 Å². The first-order valence-electron chi connectivity index (χ1n) is 11.1. The highest BCUT2D eigenvalue weighted by atomic mass is 32.1. The lowest BCUT2D eigenvalue weighted by molar-refractivity contribution is 1.28. The second kappa shape index (κ2) is 7.68. The number of hydrogen-bond acceptors (Lipinski definition) is 3. The molecule has 0 radical (unpaired) electrons. The van der Waals surface area contributed by atoms with Gasteiger partial charge in [-0.1, -0.05) is 29.8 Å². The number of aromatic nitrogens is 3. The van der Waals surface area contributed by atoms with Crippen molar-refractivity contribution < 1.29 is 0 Å². The lowest BCUT2D eigenvalue weighted by atomic mass is 10.0. The minimum Gasteiger partial charge on any atom is -0.355 e. The molecule has 5 heterocycles. The van der Waals surface area contributed by atoms with E-state index in [0.29, 0.717) is 0 Å². The Kier molecular flexibility index (Phi) is 4.63. The average Bonchev–Trinajstić information content (AvgIpc) is 3.62. The molecule has 0 spiro atoms. The molecule has 0 atom stereocenters. The molecule has 3 aromatic heterocycles. The predicted octanol–water partition coefficient (Wildman–Crippen LogP) is 7.98. The minimum absolute atomic E-state index is 0.954.